The van der Waals surface area contributed by atoms with Crippen LogP contribution in [0, 0.1) is 6.92 Å². The number of hydrogen-bond donors (Lipinski definition) is 2. The summed E-state index contributed by atoms with van der Waals surface area (Å²) in [5, 5.41) is 15.3. The molecule has 0 aliphatic carbocycles. The quantitative estimate of drug-likeness (QED) is 0.373. The molecule has 0 spiro atoms. The van der Waals surface area contributed by atoms with Crippen LogP contribution in [0.5, 0.6) is 5.75 Å². The predicted octanol–water partition coefficient (Wildman–Crippen LogP) is 5.67. The van der Waals surface area contributed by atoms with Crippen molar-refractivity contribution in [3.8, 4) is 17.1 Å². The number of hydrogen-bond acceptors (Lipinski definition) is 8. The van der Waals surface area contributed by atoms with Crippen molar-refractivity contribution in [3.63, 3.8) is 0 Å². The second-order valence-electron chi connectivity index (χ2n) is 6.77. The lowest BCUT2D eigenvalue weighted by Gasteiger charge is -2.07. The van der Waals surface area contributed by atoms with Crippen LogP contribution in [0.2, 0.25) is 0 Å². The summed E-state index contributed by atoms with van der Waals surface area (Å²) in [7, 11) is 0. The third-order valence-electron chi connectivity index (χ3n) is 4.60. The minimum atomic E-state index is 0.0885. The molecule has 152 valence electrons. The van der Waals surface area contributed by atoms with Crippen molar-refractivity contribution in [2.24, 2.45) is 0 Å². The summed E-state index contributed by atoms with van der Waals surface area (Å²) >= 11 is 1.64. The Morgan fingerprint density at radius 1 is 0.935 bits per heavy atom. The highest BCUT2D eigenvalue weighted by molar-refractivity contribution is 7.11. The lowest BCUT2D eigenvalue weighted by atomic mass is 10.2. The van der Waals surface area contributed by atoms with E-state index in [0.29, 0.717) is 22.8 Å². The van der Waals surface area contributed by atoms with Gasteiger partial charge in [-0.1, -0.05) is 24.3 Å². The average molecular weight is 427 g/mol. The van der Waals surface area contributed by atoms with Crippen molar-refractivity contribution in [1.29, 1.82) is 0 Å². The Balaban J connectivity index is 1.56. The Morgan fingerprint density at radius 2 is 1.77 bits per heavy atom. The van der Waals surface area contributed by atoms with Crippen LogP contribution in [0.25, 0.3) is 34.6 Å². The van der Waals surface area contributed by atoms with Crippen molar-refractivity contribution >= 4 is 46.6 Å². The van der Waals surface area contributed by atoms with Gasteiger partial charge < -0.3 is 9.52 Å². The van der Waals surface area contributed by atoms with Crippen LogP contribution in [0.1, 0.15) is 16.3 Å². The molecule has 2 N–H and O–H groups in total. The Kier molecular flexibility index (Phi) is 4.89. The number of oxazole rings is 1. The monoisotopic (exact) mass is 427 g/mol. The first kappa shape index (κ1) is 19.0. The molecule has 5 aromatic rings. The van der Waals surface area contributed by atoms with E-state index in [1.807, 2.05) is 47.9 Å². The summed E-state index contributed by atoms with van der Waals surface area (Å²) in [6, 6.07) is 16.7. The average Bonchev–Trinajstić information content (AvgIpc) is 3.37. The number of thiophene rings is 1. The van der Waals surface area contributed by atoms with Crippen LogP contribution in [0.3, 0.4) is 0 Å². The highest BCUT2D eigenvalue weighted by atomic mass is 32.1. The molecular weight excluding hydrogens is 410 g/mol. The van der Waals surface area contributed by atoms with Gasteiger partial charge in [-0.05, 0) is 60.4 Å². The second-order valence-corrected chi connectivity index (χ2v) is 7.72. The van der Waals surface area contributed by atoms with Gasteiger partial charge >= 0.3 is 6.01 Å². The van der Waals surface area contributed by atoms with Gasteiger partial charge in [-0.15, -0.1) is 11.3 Å². The Labute approximate surface area is 181 Å². The minimum Gasteiger partial charge on any atom is -0.507 e. The zero-order valence-electron chi connectivity index (χ0n) is 16.5. The van der Waals surface area contributed by atoms with Gasteiger partial charge in [0.1, 0.15) is 11.3 Å². The second kappa shape index (κ2) is 8.00. The third-order valence-corrected chi connectivity index (χ3v) is 5.58. The predicted molar refractivity (Wildman–Crippen MR) is 122 cm³/mol. The number of aryl methyl sites for hydroxylation is 1. The van der Waals surface area contributed by atoms with E-state index in [1.165, 1.54) is 5.56 Å². The maximum absolute atomic E-state index is 10.3. The molecule has 8 heteroatoms. The minimum absolute atomic E-state index is 0.0885. The third kappa shape index (κ3) is 4.01. The summed E-state index contributed by atoms with van der Waals surface area (Å²) in [6.45, 7) is 2.05. The van der Waals surface area contributed by atoms with Crippen molar-refractivity contribution in [1.82, 2.24) is 19.9 Å². The molecule has 0 fully saturated rings. The van der Waals surface area contributed by atoms with Crippen LogP contribution >= 0.6 is 11.3 Å². The normalized spacial score (nSPS) is 11.4. The number of fused-ring (bicyclic) bond motifs is 1. The highest BCUT2D eigenvalue weighted by Crippen LogP contribution is 2.28. The van der Waals surface area contributed by atoms with Crippen molar-refractivity contribution in [3.05, 3.63) is 76.2 Å². The van der Waals surface area contributed by atoms with Crippen LogP contribution in [0.4, 0.5) is 12.0 Å². The van der Waals surface area contributed by atoms with Crippen LogP contribution in [-0.4, -0.2) is 25.0 Å². The number of nitrogens with zero attached hydrogens (tertiary/aromatic N) is 4. The summed E-state index contributed by atoms with van der Waals surface area (Å²) in [5.74, 6) is 1.14. The van der Waals surface area contributed by atoms with E-state index in [-0.39, 0.29) is 17.7 Å². The van der Waals surface area contributed by atoms with Crippen molar-refractivity contribution in [2.45, 2.75) is 6.92 Å². The lowest BCUT2D eigenvalue weighted by molar-refractivity contribution is 0.477. The number of phenolic OH excluding ortho intramolecular Hbond substituents is 1. The van der Waals surface area contributed by atoms with Crippen LogP contribution in [0.15, 0.2) is 64.4 Å². The molecule has 0 aliphatic rings. The molecule has 0 saturated heterocycles. The van der Waals surface area contributed by atoms with Gasteiger partial charge in [-0.25, -0.2) is 4.98 Å². The van der Waals surface area contributed by atoms with Crippen molar-refractivity contribution < 1.29 is 9.52 Å². The molecule has 3 aromatic heterocycles. The number of aromatic nitrogens is 4. The molecule has 0 unspecified atom stereocenters. The summed E-state index contributed by atoms with van der Waals surface area (Å²) in [5.41, 5.74) is 3.08. The highest BCUT2D eigenvalue weighted by Gasteiger charge is 2.13. The van der Waals surface area contributed by atoms with Gasteiger partial charge in [0, 0.05) is 4.88 Å². The van der Waals surface area contributed by atoms with Gasteiger partial charge in [-0.2, -0.15) is 15.0 Å². The first-order valence-electron chi connectivity index (χ1n) is 9.55. The molecule has 2 aromatic carbocycles. The molecule has 0 aliphatic heterocycles. The van der Waals surface area contributed by atoms with Gasteiger partial charge in [0.2, 0.25) is 5.95 Å². The van der Waals surface area contributed by atoms with E-state index in [0.717, 1.165) is 10.4 Å². The van der Waals surface area contributed by atoms with Gasteiger partial charge in [-0.3, -0.25) is 5.32 Å². The number of benzene rings is 2. The standard InChI is InChI=1S/C23H17N5O2S/c1-14-12-13-31-19(14)10-11-20-25-21(15-6-2-4-8-17(15)29)27-22(26-20)28-23-24-16-7-3-5-9-18(16)30-23/h2-13,29H,1H3,(H,24,25,26,27,28)/b11-10+. The largest absolute Gasteiger partial charge is 0.507 e. The van der Waals surface area contributed by atoms with E-state index in [1.54, 1.807) is 29.5 Å². The molecule has 31 heavy (non-hydrogen) atoms. The maximum atomic E-state index is 10.3. The number of nitrogens with one attached hydrogen (secondary N) is 1. The Morgan fingerprint density at radius 3 is 2.58 bits per heavy atom. The zero-order valence-corrected chi connectivity index (χ0v) is 17.3. The van der Waals surface area contributed by atoms with Gasteiger partial charge in [0.25, 0.3) is 0 Å². The topological polar surface area (TPSA) is 97.0 Å². The first-order valence-corrected chi connectivity index (χ1v) is 10.4. The smallest absolute Gasteiger partial charge is 0.302 e. The number of phenols is 1. The van der Waals surface area contributed by atoms with E-state index >= 15 is 0 Å². The molecule has 0 amide bonds. The molecule has 7 nitrogen and oxygen atoms in total. The van der Waals surface area contributed by atoms with E-state index in [2.05, 4.69) is 38.2 Å². The molecular formula is C23H17N5O2S. The first-order chi connectivity index (χ1) is 15.2. The van der Waals surface area contributed by atoms with Crippen LogP contribution < -0.4 is 5.32 Å². The maximum Gasteiger partial charge on any atom is 0.302 e. The number of para-hydroxylation sites is 3. The van der Waals surface area contributed by atoms with Gasteiger partial charge in [0.05, 0.1) is 5.56 Å². The molecule has 0 atom stereocenters. The summed E-state index contributed by atoms with van der Waals surface area (Å²) in [6.07, 6.45) is 3.79. The molecule has 3 heterocycles. The fourth-order valence-corrected chi connectivity index (χ4v) is 3.85. The number of anilines is 2. The summed E-state index contributed by atoms with van der Waals surface area (Å²) < 4.78 is 5.73. The van der Waals surface area contributed by atoms with E-state index in [9.17, 15) is 5.11 Å². The lowest BCUT2D eigenvalue weighted by Crippen LogP contribution is -2.03. The zero-order chi connectivity index (χ0) is 21.2. The van der Waals surface area contributed by atoms with E-state index < -0.39 is 0 Å². The van der Waals surface area contributed by atoms with Gasteiger partial charge in [0.15, 0.2) is 17.2 Å². The van der Waals surface area contributed by atoms with Crippen molar-refractivity contribution in [2.75, 3.05) is 5.32 Å². The molecule has 0 radical (unpaired) electrons. The Bertz CT molecular complexity index is 1370. The SMILES string of the molecule is Cc1ccsc1/C=C/c1nc(Nc2nc3ccccc3o2)nc(-c2ccccc2O)n1. The summed E-state index contributed by atoms with van der Waals surface area (Å²) in [4.78, 5) is 19.0. The van der Waals surface area contributed by atoms with E-state index in [4.69, 9.17) is 4.42 Å². The number of rotatable bonds is 5. The number of aromatic hydroxyl groups is 1. The molecule has 0 bridgehead atoms. The molecule has 5 rings (SSSR count). The van der Waals surface area contributed by atoms with Crippen LogP contribution in [-0.2, 0) is 0 Å². The molecule has 0 saturated carbocycles. The fourth-order valence-electron chi connectivity index (χ4n) is 3.03. The Hall–Kier alpha value is -4.04. The fraction of sp³-hybridized carbons (Fsp3) is 0.0435.